The molecule has 4 nitrogen and oxygen atoms in total. The predicted octanol–water partition coefficient (Wildman–Crippen LogP) is 7.56. The molecule has 1 heterocycles. The Balaban J connectivity index is 1.38. The number of fused-ring (bicyclic) bond motifs is 1. The number of methoxy groups -OCH3 is 2. The highest BCUT2D eigenvalue weighted by atomic mass is 35.5. The van der Waals surface area contributed by atoms with Crippen LogP contribution in [0.2, 0.25) is 5.02 Å². The molecule has 172 valence electrons. The lowest BCUT2D eigenvalue weighted by atomic mass is 9.93. The van der Waals surface area contributed by atoms with Crippen molar-refractivity contribution in [2.75, 3.05) is 32.7 Å². The predicted molar refractivity (Wildman–Crippen MR) is 140 cm³/mol. The van der Waals surface area contributed by atoms with Gasteiger partial charge in [-0.1, -0.05) is 54.1 Å². The maximum absolute atomic E-state index is 6.46. The van der Waals surface area contributed by atoms with Crippen LogP contribution < -0.4 is 10.1 Å². The van der Waals surface area contributed by atoms with Crippen LogP contribution in [0, 0.1) is 6.92 Å². The van der Waals surface area contributed by atoms with Gasteiger partial charge < -0.3 is 14.8 Å². The number of halogens is 1. The van der Waals surface area contributed by atoms with Gasteiger partial charge in [-0.15, -0.1) is 11.3 Å². The van der Waals surface area contributed by atoms with Gasteiger partial charge >= 0.3 is 0 Å². The van der Waals surface area contributed by atoms with E-state index in [2.05, 4.69) is 54.7 Å². The van der Waals surface area contributed by atoms with E-state index in [9.17, 15) is 0 Å². The third kappa shape index (κ3) is 5.67. The van der Waals surface area contributed by atoms with E-state index < -0.39 is 0 Å². The molecule has 0 bridgehead atoms. The van der Waals surface area contributed by atoms with E-state index in [1.807, 2.05) is 18.2 Å². The van der Waals surface area contributed by atoms with Crippen molar-refractivity contribution in [3.8, 4) is 17.0 Å². The highest BCUT2D eigenvalue weighted by Gasteiger charge is 2.15. The van der Waals surface area contributed by atoms with Crippen molar-refractivity contribution in [3.05, 3.63) is 76.1 Å². The van der Waals surface area contributed by atoms with Crippen LogP contribution in [-0.4, -0.2) is 32.4 Å². The molecular weight excluding hydrogens is 452 g/mol. The summed E-state index contributed by atoms with van der Waals surface area (Å²) in [7, 11) is 3.41. The monoisotopic (exact) mass is 480 g/mol. The largest absolute Gasteiger partial charge is 0.497 e. The Labute approximate surface area is 204 Å². The van der Waals surface area contributed by atoms with Crippen LogP contribution in [0.25, 0.3) is 22.0 Å². The normalized spacial score (nSPS) is 12.1. The Bertz CT molecular complexity index is 1220. The highest BCUT2D eigenvalue weighted by molar-refractivity contribution is 7.16. The number of hydrogen-bond donors (Lipinski definition) is 1. The summed E-state index contributed by atoms with van der Waals surface area (Å²) in [5.74, 6) is 1.11. The van der Waals surface area contributed by atoms with E-state index in [0.717, 1.165) is 53.0 Å². The van der Waals surface area contributed by atoms with Crippen LogP contribution in [0.15, 0.2) is 60.7 Å². The molecule has 1 aromatic heterocycles. The van der Waals surface area contributed by atoms with E-state index in [1.165, 1.54) is 16.3 Å². The second kappa shape index (κ2) is 11.0. The zero-order chi connectivity index (χ0) is 23.2. The molecule has 4 aromatic rings. The van der Waals surface area contributed by atoms with E-state index in [4.69, 9.17) is 26.1 Å². The van der Waals surface area contributed by atoms with E-state index >= 15 is 0 Å². The number of nitrogens with zero attached hydrogens (tertiary/aromatic N) is 1. The third-order valence-electron chi connectivity index (χ3n) is 5.85. The second-order valence-corrected chi connectivity index (χ2v) is 9.71. The topological polar surface area (TPSA) is 43.4 Å². The van der Waals surface area contributed by atoms with Crippen molar-refractivity contribution < 1.29 is 9.47 Å². The molecule has 4 rings (SSSR count). The summed E-state index contributed by atoms with van der Waals surface area (Å²) in [6.07, 6.45) is 2.07. The van der Waals surface area contributed by atoms with Gasteiger partial charge in [0.15, 0.2) is 5.13 Å². The first kappa shape index (κ1) is 23.6. The van der Waals surface area contributed by atoms with Crippen molar-refractivity contribution in [3.63, 3.8) is 0 Å². The third-order valence-corrected chi connectivity index (χ3v) is 7.09. The van der Waals surface area contributed by atoms with Crippen LogP contribution in [0.3, 0.4) is 0 Å². The lowest BCUT2D eigenvalue weighted by molar-refractivity contribution is 0.175. The fourth-order valence-electron chi connectivity index (χ4n) is 4.09. The summed E-state index contributed by atoms with van der Waals surface area (Å²) in [6.45, 7) is 3.65. The van der Waals surface area contributed by atoms with Gasteiger partial charge in [-0.05, 0) is 54.3 Å². The SMILES string of the molecule is COCC(CCCNc1nc(-c2ccc(OC)cc2Cl)c(C)s1)c1ccc2ccccc2c1. The van der Waals surface area contributed by atoms with Crippen LogP contribution in [0.1, 0.15) is 29.2 Å². The average molecular weight is 481 g/mol. The highest BCUT2D eigenvalue weighted by Crippen LogP contribution is 2.36. The van der Waals surface area contributed by atoms with Crippen molar-refractivity contribution in [2.45, 2.75) is 25.7 Å². The Morgan fingerprint density at radius 2 is 1.85 bits per heavy atom. The zero-order valence-electron chi connectivity index (χ0n) is 19.2. The number of rotatable bonds is 10. The molecule has 0 spiro atoms. The van der Waals surface area contributed by atoms with Gasteiger partial charge in [0.1, 0.15) is 5.75 Å². The molecule has 1 unspecified atom stereocenters. The number of anilines is 1. The van der Waals surface area contributed by atoms with Gasteiger partial charge in [0.2, 0.25) is 0 Å². The van der Waals surface area contributed by atoms with Crippen LogP contribution >= 0.6 is 22.9 Å². The Hall–Kier alpha value is -2.60. The van der Waals surface area contributed by atoms with Crippen LogP contribution in [-0.2, 0) is 4.74 Å². The molecule has 0 aliphatic carbocycles. The molecule has 0 fully saturated rings. The number of aromatic nitrogens is 1. The van der Waals surface area contributed by atoms with Gasteiger partial charge in [0, 0.05) is 30.0 Å². The zero-order valence-corrected chi connectivity index (χ0v) is 20.8. The number of benzene rings is 3. The van der Waals surface area contributed by atoms with Gasteiger partial charge in [-0.2, -0.15) is 0 Å². The molecule has 3 aromatic carbocycles. The van der Waals surface area contributed by atoms with Crippen molar-refractivity contribution in [1.82, 2.24) is 4.98 Å². The lowest BCUT2D eigenvalue weighted by Crippen LogP contribution is -2.09. The maximum atomic E-state index is 6.46. The minimum absolute atomic E-state index is 0.369. The molecule has 0 radical (unpaired) electrons. The summed E-state index contributed by atoms with van der Waals surface area (Å²) in [5.41, 5.74) is 3.18. The number of ether oxygens (including phenoxy) is 2. The van der Waals surface area contributed by atoms with Crippen LogP contribution in [0.5, 0.6) is 5.75 Å². The number of thiazole rings is 1. The van der Waals surface area contributed by atoms with E-state index in [0.29, 0.717) is 10.9 Å². The van der Waals surface area contributed by atoms with Gasteiger partial charge in [0.25, 0.3) is 0 Å². The molecule has 0 amide bonds. The molecule has 0 saturated carbocycles. The first-order valence-electron chi connectivity index (χ1n) is 11.1. The summed E-state index contributed by atoms with van der Waals surface area (Å²) in [6, 6.07) is 20.9. The molecular formula is C27H29ClN2O2S. The van der Waals surface area contributed by atoms with Gasteiger partial charge in [-0.25, -0.2) is 4.98 Å². The summed E-state index contributed by atoms with van der Waals surface area (Å²) >= 11 is 8.12. The number of aryl methyl sites for hydroxylation is 1. The fourth-order valence-corrected chi connectivity index (χ4v) is 5.20. The first-order valence-corrected chi connectivity index (χ1v) is 12.3. The minimum Gasteiger partial charge on any atom is -0.497 e. The summed E-state index contributed by atoms with van der Waals surface area (Å²) in [4.78, 5) is 5.94. The number of nitrogens with one attached hydrogen (secondary N) is 1. The molecule has 1 atom stereocenters. The molecule has 33 heavy (non-hydrogen) atoms. The summed E-state index contributed by atoms with van der Waals surface area (Å²) in [5, 5.41) is 7.60. The standard InChI is InChI=1S/C27H29ClN2O2S/c1-18-26(24-13-12-23(32-3)16-25(24)28)30-27(33-18)29-14-6-9-22(17-31-2)21-11-10-19-7-4-5-8-20(19)15-21/h4-5,7-8,10-13,15-16,22H,6,9,14,17H2,1-3H3,(H,29,30). The minimum atomic E-state index is 0.369. The molecule has 0 aliphatic heterocycles. The van der Waals surface area contributed by atoms with Crippen LogP contribution in [0.4, 0.5) is 5.13 Å². The van der Waals surface area contributed by atoms with E-state index in [1.54, 1.807) is 25.6 Å². The fraction of sp³-hybridized carbons (Fsp3) is 0.296. The second-order valence-electron chi connectivity index (χ2n) is 8.10. The quantitative estimate of drug-likeness (QED) is 0.238. The average Bonchev–Trinajstić information content (AvgIpc) is 3.20. The van der Waals surface area contributed by atoms with Crippen molar-refractivity contribution >= 4 is 38.8 Å². The molecule has 0 saturated heterocycles. The van der Waals surface area contributed by atoms with Gasteiger partial charge in [0.05, 0.1) is 24.4 Å². The number of hydrogen-bond acceptors (Lipinski definition) is 5. The maximum Gasteiger partial charge on any atom is 0.183 e. The van der Waals surface area contributed by atoms with Crippen molar-refractivity contribution in [2.24, 2.45) is 0 Å². The summed E-state index contributed by atoms with van der Waals surface area (Å²) < 4.78 is 10.8. The van der Waals surface area contributed by atoms with Gasteiger partial charge in [-0.3, -0.25) is 0 Å². The lowest BCUT2D eigenvalue weighted by Gasteiger charge is -2.17. The first-order chi connectivity index (χ1) is 16.1. The molecule has 1 N–H and O–H groups in total. The van der Waals surface area contributed by atoms with E-state index in [-0.39, 0.29) is 0 Å². The Morgan fingerprint density at radius 3 is 2.61 bits per heavy atom. The molecule has 6 heteroatoms. The molecule has 0 aliphatic rings. The van der Waals surface area contributed by atoms with Crippen molar-refractivity contribution in [1.29, 1.82) is 0 Å². The Kier molecular flexibility index (Phi) is 7.86. The smallest absolute Gasteiger partial charge is 0.183 e. The Morgan fingerprint density at radius 1 is 1.03 bits per heavy atom.